The van der Waals surface area contributed by atoms with Crippen molar-refractivity contribution in [3.8, 4) is 0 Å². The number of hydrogen-bond donors (Lipinski definition) is 1. The topological polar surface area (TPSA) is 36.8 Å². The molecule has 2 rings (SSSR count). The fourth-order valence-electron chi connectivity index (χ4n) is 2.03. The molecule has 0 aliphatic heterocycles. The van der Waals surface area contributed by atoms with E-state index in [4.69, 9.17) is 35.8 Å². The summed E-state index contributed by atoms with van der Waals surface area (Å²) in [6.07, 6.45) is 0. The Morgan fingerprint density at radius 3 is 2.36 bits per heavy atom. The summed E-state index contributed by atoms with van der Waals surface area (Å²) in [7, 11) is 5.88. The molecule has 0 radical (unpaired) electrons. The van der Waals surface area contributed by atoms with Gasteiger partial charge in [-0.3, -0.25) is 0 Å². The zero-order valence-corrected chi connectivity index (χ0v) is 16.9. The van der Waals surface area contributed by atoms with Crippen molar-refractivity contribution >= 4 is 52.5 Å². The van der Waals surface area contributed by atoms with Gasteiger partial charge in [-0.2, -0.15) is 0 Å². The summed E-state index contributed by atoms with van der Waals surface area (Å²) in [6, 6.07) is 13.2. The van der Waals surface area contributed by atoms with Gasteiger partial charge >= 0.3 is 0 Å². The molecule has 0 bridgehead atoms. The number of aliphatic imine (C=N–C) groups is 1. The van der Waals surface area contributed by atoms with Crippen LogP contribution in [0.2, 0.25) is 10.0 Å². The van der Waals surface area contributed by atoms with E-state index in [-0.39, 0.29) is 0 Å². The van der Waals surface area contributed by atoms with Gasteiger partial charge in [0.25, 0.3) is 0 Å². The van der Waals surface area contributed by atoms with Crippen LogP contribution >= 0.6 is 23.2 Å². The molecule has 7 heteroatoms. The highest BCUT2D eigenvalue weighted by Gasteiger charge is 2.11. The van der Waals surface area contributed by atoms with Crippen molar-refractivity contribution in [3.63, 3.8) is 0 Å². The van der Waals surface area contributed by atoms with E-state index in [1.54, 1.807) is 18.2 Å². The molecule has 0 spiro atoms. The van der Waals surface area contributed by atoms with Gasteiger partial charge < -0.3 is 17.9 Å². The molecular weight excluding hydrogens is 375 g/mol. The first-order chi connectivity index (χ1) is 11.6. The average molecular weight is 395 g/mol. The summed E-state index contributed by atoms with van der Waals surface area (Å²) in [6.45, 7) is 2.03. The molecule has 2 aromatic rings. The highest BCUT2D eigenvalue weighted by atomic mass is 35.5. The van der Waals surface area contributed by atoms with E-state index in [9.17, 15) is 0 Å². The van der Waals surface area contributed by atoms with Crippen molar-refractivity contribution in [1.29, 1.82) is 0 Å². The molecular formula is C18H20Cl2N4S. The Morgan fingerprint density at radius 1 is 1.04 bits per heavy atom. The van der Waals surface area contributed by atoms with Gasteiger partial charge in [-0.15, -0.1) is 0 Å². The lowest BCUT2D eigenvalue weighted by atomic mass is 10.1. The molecule has 0 aliphatic rings. The average Bonchev–Trinajstić information content (AvgIpc) is 2.49. The first-order valence-electron chi connectivity index (χ1n) is 7.60. The monoisotopic (exact) mass is 394 g/mol. The molecule has 0 saturated heterocycles. The standard InChI is InChI=1S/C18H20Cl2N4S/c1-12-6-5-7-13(10-12)17(23-24(2,3)4)22-18(25)21-14-8-9-15(19)16(20)11-14/h5-11H,1-4H3,(H-,21,22,23,25). The molecule has 0 amide bonds. The SMILES string of the molecule is Cc1cccc(/C(N=C([S-])Nc2ccc(Cl)c(Cl)c2)=N\[N+](C)(C)C)c1. The third-order valence-corrected chi connectivity index (χ3v) is 3.98. The van der Waals surface area contributed by atoms with Gasteiger partial charge in [0.1, 0.15) is 0 Å². The van der Waals surface area contributed by atoms with Crippen LogP contribution in [0.3, 0.4) is 0 Å². The molecule has 4 nitrogen and oxygen atoms in total. The molecule has 132 valence electrons. The maximum absolute atomic E-state index is 6.03. The van der Waals surface area contributed by atoms with E-state index in [1.807, 2.05) is 52.3 Å². The number of nitrogens with zero attached hydrogens (tertiary/aromatic N) is 3. The fraction of sp³-hybridized carbons (Fsp3) is 0.222. The summed E-state index contributed by atoms with van der Waals surface area (Å²) >= 11 is 17.3. The lowest BCUT2D eigenvalue weighted by Gasteiger charge is -2.19. The molecule has 2 aromatic carbocycles. The van der Waals surface area contributed by atoms with Crippen molar-refractivity contribution < 1.29 is 4.59 Å². The molecule has 0 unspecified atom stereocenters. The first kappa shape index (κ1) is 19.7. The molecule has 1 N–H and O–H groups in total. The number of hydrogen-bond acceptors (Lipinski definition) is 2. The minimum atomic E-state index is 0.298. The van der Waals surface area contributed by atoms with Crippen molar-refractivity contribution in [2.75, 3.05) is 26.5 Å². The minimum absolute atomic E-state index is 0.298. The predicted octanol–water partition coefficient (Wildman–Crippen LogP) is 4.68. The largest absolute Gasteiger partial charge is 0.742 e. The van der Waals surface area contributed by atoms with Crippen molar-refractivity contribution in [1.82, 2.24) is 0 Å². The molecule has 0 aromatic heterocycles. The number of aryl methyl sites for hydroxylation is 1. The maximum Gasteiger partial charge on any atom is 0.214 e. The van der Waals surface area contributed by atoms with Crippen LogP contribution in [-0.4, -0.2) is 36.7 Å². The van der Waals surface area contributed by atoms with Crippen LogP contribution in [0.15, 0.2) is 52.6 Å². The molecule has 25 heavy (non-hydrogen) atoms. The third-order valence-electron chi connectivity index (χ3n) is 3.05. The van der Waals surface area contributed by atoms with E-state index in [0.29, 0.717) is 25.6 Å². The van der Waals surface area contributed by atoms with E-state index in [1.165, 1.54) is 0 Å². The quantitative estimate of drug-likeness (QED) is 0.269. The Bertz CT molecular complexity index is 826. The normalized spacial score (nSPS) is 13.0. The van der Waals surface area contributed by atoms with Crippen LogP contribution in [0.5, 0.6) is 0 Å². The van der Waals surface area contributed by atoms with Gasteiger partial charge in [0.05, 0.1) is 31.2 Å². The highest BCUT2D eigenvalue weighted by Crippen LogP contribution is 2.25. The summed E-state index contributed by atoms with van der Waals surface area (Å²) in [5.41, 5.74) is 2.76. The van der Waals surface area contributed by atoms with Gasteiger partial charge in [-0.1, -0.05) is 52.1 Å². The number of nitrogens with one attached hydrogen (secondary N) is 1. The Labute approximate surface area is 164 Å². The number of anilines is 1. The second-order valence-electron chi connectivity index (χ2n) is 6.41. The molecule has 0 atom stereocenters. The van der Waals surface area contributed by atoms with Gasteiger partial charge in [0.2, 0.25) is 5.84 Å². The van der Waals surface area contributed by atoms with Gasteiger partial charge in [0.15, 0.2) is 0 Å². The predicted molar refractivity (Wildman–Crippen MR) is 111 cm³/mol. The lowest BCUT2D eigenvalue weighted by molar-refractivity contribution is -0.877. The molecule has 0 heterocycles. The smallest absolute Gasteiger partial charge is 0.214 e. The summed E-state index contributed by atoms with van der Waals surface area (Å²) < 4.78 is 0.377. The Kier molecular flexibility index (Phi) is 6.41. The van der Waals surface area contributed by atoms with Crippen molar-refractivity contribution in [3.05, 3.63) is 63.6 Å². The molecule has 0 aliphatic carbocycles. The number of benzene rings is 2. The fourth-order valence-corrected chi connectivity index (χ4v) is 2.54. The minimum Gasteiger partial charge on any atom is -0.742 e. The van der Waals surface area contributed by atoms with Crippen molar-refractivity contribution in [2.45, 2.75) is 6.92 Å². The van der Waals surface area contributed by atoms with Crippen LogP contribution in [0.25, 0.3) is 0 Å². The van der Waals surface area contributed by atoms with Gasteiger partial charge in [-0.25, -0.2) is 9.58 Å². The second kappa shape index (κ2) is 8.15. The third kappa shape index (κ3) is 6.29. The van der Waals surface area contributed by atoms with Crippen LogP contribution in [-0.2, 0) is 12.6 Å². The van der Waals surface area contributed by atoms with E-state index in [0.717, 1.165) is 16.8 Å². The van der Waals surface area contributed by atoms with Crippen LogP contribution in [0.1, 0.15) is 11.1 Å². The lowest BCUT2D eigenvalue weighted by Crippen LogP contribution is -2.29. The highest BCUT2D eigenvalue weighted by molar-refractivity contribution is 7.77. The zero-order chi connectivity index (χ0) is 18.6. The van der Waals surface area contributed by atoms with Crippen molar-refractivity contribution in [2.24, 2.45) is 10.1 Å². The maximum atomic E-state index is 6.03. The zero-order valence-electron chi connectivity index (χ0n) is 14.5. The number of halogens is 2. The first-order valence-corrected chi connectivity index (χ1v) is 8.77. The Balaban J connectivity index is 2.35. The van der Waals surface area contributed by atoms with E-state index in [2.05, 4.69) is 15.4 Å². The number of quaternary nitrogens is 1. The van der Waals surface area contributed by atoms with E-state index < -0.39 is 0 Å². The Morgan fingerprint density at radius 2 is 1.76 bits per heavy atom. The molecule has 0 fully saturated rings. The number of amidine groups is 2. The summed E-state index contributed by atoms with van der Waals surface area (Å²) in [5.74, 6) is 0.564. The summed E-state index contributed by atoms with van der Waals surface area (Å²) in [4.78, 5) is 4.50. The molecule has 0 saturated carbocycles. The van der Waals surface area contributed by atoms with Gasteiger partial charge in [0, 0.05) is 11.3 Å². The van der Waals surface area contributed by atoms with Crippen LogP contribution in [0, 0.1) is 6.92 Å². The number of rotatable bonds is 3. The summed E-state index contributed by atoms with van der Waals surface area (Å²) in [5, 5.41) is 8.93. The van der Waals surface area contributed by atoms with Crippen LogP contribution in [0.4, 0.5) is 5.69 Å². The van der Waals surface area contributed by atoms with E-state index >= 15 is 0 Å². The second-order valence-corrected chi connectivity index (χ2v) is 7.61. The Hall–Kier alpha value is -1.66. The van der Waals surface area contributed by atoms with Crippen LogP contribution < -0.4 is 5.32 Å². The van der Waals surface area contributed by atoms with Gasteiger partial charge in [-0.05, 0) is 36.4 Å².